The largest absolute Gasteiger partial charge is 0.393 e. The van der Waals surface area contributed by atoms with Crippen LogP contribution in [-0.2, 0) is 0 Å². The lowest BCUT2D eigenvalue weighted by Gasteiger charge is -2.40. The van der Waals surface area contributed by atoms with E-state index in [1.807, 2.05) is 0 Å². The third-order valence-electron chi connectivity index (χ3n) is 4.23. The van der Waals surface area contributed by atoms with Crippen molar-refractivity contribution >= 4 is 0 Å². The first kappa shape index (κ1) is 11.4. The maximum Gasteiger partial charge on any atom is 0.0555 e. The van der Waals surface area contributed by atoms with Crippen LogP contribution < -0.4 is 0 Å². The van der Waals surface area contributed by atoms with E-state index in [0.29, 0.717) is 6.04 Å². The van der Waals surface area contributed by atoms with Gasteiger partial charge in [0.25, 0.3) is 0 Å². The molecule has 0 heterocycles. The maximum atomic E-state index is 9.79. The molecule has 0 bridgehead atoms. The molecule has 3 atom stereocenters. The fourth-order valence-corrected chi connectivity index (χ4v) is 3.15. The SMILES string of the molecule is CCCC1CCC(O)CC1N(C)C1CC1. The predicted octanol–water partition coefficient (Wildman–Crippen LogP) is 2.41. The molecule has 2 saturated carbocycles. The summed E-state index contributed by atoms with van der Waals surface area (Å²) in [5.41, 5.74) is 0. The summed E-state index contributed by atoms with van der Waals surface area (Å²) in [5, 5.41) is 9.79. The molecular weight excluding hydrogens is 186 g/mol. The van der Waals surface area contributed by atoms with E-state index in [0.717, 1.165) is 24.8 Å². The van der Waals surface area contributed by atoms with Gasteiger partial charge in [-0.1, -0.05) is 13.3 Å². The molecule has 2 heteroatoms. The average Bonchev–Trinajstić information content (AvgIpc) is 3.03. The van der Waals surface area contributed by atoms with Crippen molar-refractivity contribution in [2.45, 2.75) is 70.1 Å². The van der Waals surface area contributed by atoms with Crippen LogP contribution in [0.25, 0.3) is 0 Å². The van der Waals surface area contributed by atoms with Gasteiger partial charge in [0.2, 0.25) is 0 Å². The fraction of sp³-hybridized carbons (Fsp3) is 1.00. The zero-order chi connectivity index (χ0) is 10.8. The van der Waals surface area contributed by atoms with Gasteiger partial charge in [0.15, 0.2) is 0 Å². The van der Waals surface area contributed by atoms with Crippen molar-refractivity contribution in [3.8, 4) is 0 Å². The minimum absolute atomic E-state index is 0.0377. The van der Waals surface area contributed by atoms with Crippen LogP contribution >= 0.6 is 0 Å². The first-order chi connectivity index (χ1) is 7.22. The Labute approximate surface area is 93.7 Å². The highest BCUT2D eigenvalue weighted by atomic mass is 16.3. The lowest BCUT2D eigenvalue weighted by Crippen LogP contribution is -2.44. The molecule has 0 radical (unpaired) electrons. The standard InChI is InChI=1S/C13H25NO/c1-3-4-10-5-8-12(15)9-13(10)14(2)11-6-7-11/h10-13,15H,3-9H2,1-2H3. The van der Waals surface area contributed by atoms with E-state index in [-0.39, 0.29) is 6.10 Å². The fourth-order valence-electron chi connectivity index (χ4n) is 3.15. The molecule has 2 fully saturated rings. The van der Waals surface area contributed by atoms with Crippen molar-refractivity contribution in [1.82, 2.24) is 4.90 Å². The maximum absolute atomic E-state index is 9.79. The normalized spacial score (nSPS) is 37.2. The predicted molar refractivity (Wildman–Crippen MR) is 62.8 cm³/mol. The zero-order valence-electron chi connectivity index (χ0n) is 10.2. The third kappa shape index (κ3) is 2.73. The van der Waals surface area contributed by atoms with Gasteiger partial charge in [-0.25, -0.2) is 0 Å². The van der Waals surface area contributed by atoms with Crippen molar-refractivity contribution in [3.05, 3.63) is 0 Å². The van der Waals surface area contributed by atoms with Crippen LogP contribution in [0.15, 0.2) is 0 Å². The van der Waals surface area contributed by atoms with E-state index in [9.17, 15) is 5.11 Å². The lowest BCUT2D eigenvalue weighted by atomic mass is 9.79. The van der Waals surface area contributed by atoms with Crippen LogP contribution in [0.1, 0.15) is 51.9 Å². The molecule has 0 aromatic rings. The molecule has 0 amide bonds. The molecule has 0 saturated heterocycles. The van der Waals surface area contributed by atoms with Crippen molar-refractivity contribution in [3.63, 3.8) is 0 Å². The van der Waals surface area contributed by atoms with Crippen LogP contribution in [-0.4, -0.2) is 35.2 Å². The Morgan fingerprint density at radius 3 is 2.53 bits per heavy atom. The molecule has 1 N–H and O–H groups in total. The van der Waals surface area contributed by atoms with Gasteiger partial charge < -0.3 is 10.0 Å². The summed E-state index contributed by atoms with van der Waals surface area (Å²) in [5.74, 6) is 0.837. The van der Waals surface area contributed by atoms with Gasteiger partial charge in [-0.3, -0.25) is 0 Å². The Kier molecular flexibility index (Phi) is 3.68. The quantitative estimate of drug-likeness (QED) is 0.772. The minimum atomic E-state index is -0.0377. The van der Waals surface area contributed by atoms with Gasteiger partial charge in [-0.05, 0) is 51.5 Å². The highest BCUT2D eigenvalue weighted by Crippen LogP contribution is 2.36. The highest BCUT2D eigenvalue weighted by molar-refractivity contribution is 4.92. The Balaban J connectivity index is 1.95. The van der Waals surface area contributed by atoms with Gasteiger partial charge in [0.1, 0.15) is 0 Å². The average molecular weight is 211 g/mol. The number of rotatable bonds is 4. The van der Waals surface area contributed by atoms with E-state index in [1.54, 1.807) is 0 Å². The Morgan fingerprint density at radius 2 is 1.93 bits per heavy atom. The first-order valence-corrected chi connectivity index (χ1v) is 6.62. The molecule has 0 aromatic heterocycles. The summed E-state index contributed by atoms with van der Waals surface area (Å²) in [6.07, 6.45) is 8.62. The van der Waals surface area contributed by atoms with Crippen LogP contribution in [0, 0.1) is 5.92 Å². The second-order valence-corrected chi connectivity index (χ2v) is 5.48. The van der Waals surface area contributed by atoms with E-state index in [4.69, 9.17) is 0 Å². The summed E-state index contributed by atoms with van der Waals surface area (Å²) < 4.78 is 0. The van der Waals surface area contributed by atoms with E-state index < -0.39 is 0 Å². The summed E-state index contributed by atoms with van der Waals surface area (Å²) in [7, 11) is 2.27. The molecule has 0 spiro atoms. The van der Waals surface area contributed by atoms with Gasteiger partial charge in [0, 0.05) is 12.1 Å². The molecular formula is C13H25NO. The van der Waals surface area contributed by atoms with E-state index in [2.05, 4.69) is 18.9 Å². The molecule has 15 heavy (non-hydrogen) atoms. The lowest BCUT2D eigenvalue weighted by molar-refractivity contribution is 0.0316. The molecule has 2 aliphatic rings. The number of aliphatic hydroxyl groups is 1. The number of nitrogens with zero attached hydrogens (tertiary/aromatic N) is 1. The molecule has 2 nitrogen and oxygen atoms in total. The minimum Gasteiger partial charge on any atom is -0.393 e. The van der Waals surface area contributed by atoms with Crippen LogP contribution in [0.2, 0.25) is 0 Å². The van der Waals surface area contributed by atoms with Gasteiger partial charge in [-0.2, -0.15) is 0 Å². The molecule has 0 aliphatic heterocycles. The summed E-state index contributed by atoms with van der Waals surface area (Å²) in [6.45, 7) is 2.28. The number of hydrogen-bond donors (Lipinski definition) is 1. The first-order valence-electron chi connectivity index (χ1n) is 6.62. The Hall–Kier alpha value is -0.0800. The smallest absolute Gasteiger partial charge is 0.0555 e. The second kappa shape index (κ2) is 4.84. The molecule has 88 valence electrons. The monoisotopic (exact) mass is 211 g/mol. The van der Waals surface area contributed by atoms with Crippen LogP contribution in [0.4, 0.5) is 0 Å². The van der Waals surface area contributed by atoms with Crippen molar-refractivity contribution in [1.29, 1.82) is 0 Å². The van der Waals surface area contributed by atoms with Crippen molar-refractivity contribution < 1.29 is 5.11 Å². The second-order valence-electron chi connectivity index (χ2n) is 5.48. The number of aliphatic hydroxyl groups excluding tert-OH is 1. The molecule has 2 aliphatic carbocycles. The van der Waals surface area contributed by atoms with Crippen LogP contribution in [0.5, 0.6) is 0 Å². The van der Waals surface area contributed by atoms with Gasteiger partial charge >= 0.3 is 0 Å². The number of hydrogen-bond acceptors (Lipinski definition) is 2. The van der Waals surface area contributed by atoms with Gasteiger partial charge in [0.05, 0.1) is 6.10 Å². The summed E-state index contributed by atoms with van der Waals surface area (Å²) in [4.78, 5) is 2.56. The highest BCUT2D eigenvalue weighted by Gasteiger charge is 2.37. The molecule has 2 rings (SSSR count). The van der Waals surface area contributed by atoms with Crippen molar-refractivity contribution in [2.75, 3.05) is 7.05 Å². The Morgan fingerprint density at radius 1 is 1.20 bits per heavy atom. The van der Waals surface area contributed by atoms with Crippen molar-refractivity contribution in [2.24, 2.45) is 5.92 Å². The summed E-state index contributed by atoms with van der Waals surface area (Å²) >= 11 is 0. The van der Waals surface area contributed by atoms with Gasteiger partial charge in [-0.15, -0.1) is 0 Å². The van der Waals surface area contributed by atoms with E-state index >= 15 is 0 Å². The molecule has 3 unspecified atom stereocenters. The van der Waals surface area contributed by atoms with Crippen LogP contribution in [0.3, 0.4) is 0 Å². The zero-order valence-corrected chi connectivity index (χ0v) is 10.2. The summed E-state index contributed by atoms with van der Waals surface area (Å²) in [6, 6.07) is 1.49. The Bertz CT molecular complexity index is 203. The topological polar surface area (TPSA) is 23.5 Å². The third-order valence-corrected chi connectivity index (χ3v) is 4.23. The van der Waals surface area contributed by atoms with E-state index in [1.165, 1.54) is 32.1 Å². The molecule has 0 aromatic carbocycles.